The SMILES string of the molecule is O=Nc1nnc2nc(SS)[nH]n2c1=O. The predicted molar refractivity (Wildman–Crippen MR) is 51.7 cm³/mol. The summed E-state index contributed by atoms with van der Waals surface area (Å²) in [7, 11) is 1.01. The van der Waals surface area contributed by atoms with E-state index in [1.54, 1.807) is 0 Å². The van der Waals surface area contributed by atoms with Gasteiger partial charge in [0, 0.05) is 0 Å². The molecule has 2 heterocycles. The van der Waals surface area contributed by atoms with Crippen molar-refractivity contribution in [3.63, 3.8) is 0 Å². The molecule has 2 rings (SSSR count). The highest BCUT2D eigenvalue weighted by Crippen LogP contribution is 2.15. The Morgan fingerprint density at radius 2 is 2.29 bits per heavy atom. The van der Waals surface area contributed by atoms with E-state index in [-0.39, 0.29) is 5.78 Å². The molecule has 0 radical (unpaired) electrons. The fourth-order valence-electron chi connectivity index (χ4n) is 0.853. The molecule has 0 aliphatic heterocycles. The van der Waals surface area contributed by atoms with Gasteiger partial charge in [0.1, 0.15) is 0 Å². The summed E-state index contributed by atoms with van der Waals surface area (Å²) >= 11 is 3.88. The monoisotopic (exact) mass is 230 g/mol. The lowest BCUT2D eigenvalue weighted by atomic mass is 10.7. The van der Waals surface area contributed by atoms with E-state index in [4.69, 9.17) is 0 Å². The molecule has 0 aliphatic rings. The lowest BCUT2D eigenvalue weighted by molar-refractivity contribution is 0.824. The van der Waals surface area contributed by atoms with Crippen LogP contribution in [0.2, 0.25) is 0 Å². The zero-order chi connectivity index (χ0) is 10.1. The van der Waals surface area contributed by atoms with Crippen molar-refractivity contribution >= 4 is 34.1 Å². The van der Waals surface area contributed by atoms with Gasteiger partial charge in [0.05, 0.1) is 0 Å². The van der Waals surface area contributed by atoms with Crippen LogP contribution in [0.3, 0.4) is 0 Å². The average molecular weight is 230 g/mol. The smallest absolute Gasteiger partial charge is 0.265 e. The first-order chi connectivity index (χ1) is 6.76. The Morgan fingerprint density at radius 1 is 1.50 bits per heavy atom. The first-order valence-electron chi connectivity index (χ1n) is 3.26. The van der Waals surface area contributed by atoms with Crippen molar-refractivity contribution in [1.29, 1.82) is 0 Å². The van der Waals surface area contributed by atoms with Crippen LogP contribution in [0.5, 0.6) is 0 Å². The lowest BCUT2D eigenvalue weighted by Crippen LogP contribution is -2.16. The molecule has 8 nitrogen and oxygen atoms in total. The minimum Gasteiger partial charge on any atom is -0.265 e. The minimum absolute atomic E-state index is 0.0685. The van der Waals surface area contributed by atoms with Crippen LogP contribution in [0.15, 0.2) is 15.1 Å². The molecule has 0 unspecified atom stereocenters. The van der Waals surface area contributed by atoms with Gasteiger partial charge < -0.3 is 0 Å². The molecule has 2 aromatic rings. The number of nitrogens with zero attached hydrogens (tertiary/aromatic N) is 5. The first-order valence-corrected chi connectivity index (χ1v) is 5.13. The molecular weight excluding hydrogens is 228 g/mol. The van der Waals surface area contributed by atoms with Gasteiger partial charge >= 0.3 is 5.56 Å². The van der Waals surface area contributed by atoms with Gasteiger partial charge in [0.2, 0.25) is 0 Å². The van der Waals surface area contributed by atoms with Gasteiger partial charge in [-0.25, -0.2) is 0 Å². The summed E-state index contributed by atoms with van der Waals surface area (Å²) in [5.41, 5.74) is -0.689. The molecular formula is C4H2N6O2S2. The number of hydrogen-bond acceptors (Lipinski definition) is 8. The van der Waals surface area contributed by atoms with Crippen LogP contribution in [-0.4, -0.2) is 24.8 Å². The van der Waals surface area contributed by atoms with Crippen LogP contribution in [0.4, 0.5) is 5.82 Å². The molecule has 14 heavy (non-hydrogen) atoms. The van der Waals surface area contributed by atoms with Crippen LogP contribution in [-0.2, 0) is 0 Å². The van der Waals surface area contributed by atoms with Gasteiger partial charge in [-0.3, -0.25) is 9.89 Å². The zero-order valence-corrected chi connectivity index (χ0v) is 8.12. The summed E-state index contributed by atoms with van der Waals surface area (Å²) in [6.07, 6.45) is 0. The van der Waals surface area contributed by atoms with E-state index >= 15 is 0 Å². The Morgan fingerprint density at radius 3 is 2.93 bits per heavy atom. The van der Waals surface area contributed by atoms with Crippen molar-refractivity contribution in [3.05, 3.63) is 15.3 Å². The van der Waals surface area contributed by atoms with E-state index in [0.29, 0.717) is 5.16 Å². The number of H-pyrrole nitrogens is 1. The number of hydrogen-bond donors (Lipinski definition) is 2. The molecule has 2 aromatic heterocycles. The van der Waals surface area contributed by atoms with Crippen LogP contribution in [0, 0.1) is 4.91 Å². The molecule has 0 atom stereocenters. The number of aromatic amines is 1. The summed E-state index contributed by atoms with van der Waals surface area (Å²) in [4.78, 5) is 25.3. The number of fused-ring (bicyclic) bond motifs is 1. The van der Waals surface area contributed by atoms with Crippen molar-refractivity contribution in [2.24, 2.45) is 5.18 Å². The van der Waals surface area contributed by atoms with Crippen LogP contribution in [0.1, 0.15) is 0 Å². The van der Waals surface area contributed by atoms with E-state index in [1.807, 2.05) is 0 Å². The molecule has 0 aliphatic carbocycles. The Hall–Kier alpha value is -1.42. The fraction of sp³-hybridized carbons (Fsp3) is 0. The lowest BCUT2D eigenvalue weighted by Gasteiger charge is -1.87. The number of aromatic nitrogens is 5. The number of rotatable bonds is 2. The second kappa shape index (κ2) is 3.38. The quantitative estimate of drug-likeness (QED) is 0.432. The third kappa shape index (κ3) is 1.28. The van der Waals surface area contributed by atoms with E-state index in [9.17, 15) is 9.70 Å². The van der Waals surface area contributed by atoms with E-state index in [0.717, 1.165) is 15.3 Å². The Labute approximate surface area is 84.9 Å². The second-order valence-electron chi connectivity index (χ2n) is 2.18. The normalized spacial score (nSPS) is 10.6. The highest BCUT2D eigenvalue weighted by molar-refractivity contribution is 8.68. The van der Waals surface area contributed by atoms with Crippen LogP contribution >= 0.6 is 22.5 Å². The van der Waals surface area contributed by atoms with Crippen LogP contribution in [0.25, 0.3) is 5.78 Å². The van der Waals surface area contributed by atoms with Gasteiger partial charge in [-0.2, -0.15) is 9.50 Å². The molecule has 0 spiro atoms. The number of thiol groups is 1. The Bertz CT molecular complexity index is 546. The van der Waals surface area contributed by atoms with Gasteiger partial charge in [-0.05, 0) is 16.0 Å². The maximum Gasteiger partial charge on any atom is 0.322 e. The summed E-state index contributed by atoms with van der Waals surface area (Å²) in [5, 5.41) is 12.2. The van der Waals surface area contributed by atoms with Crippen molar-refractivity contribution < 1.29 is 0 Å². The second-order valence-corrected chi connectivity index (χ2v) is 3.29. The minimum atomic E-state index is -0.689. The maximum absolute atomic E-state index is 11.4. The predicted octanol–water partition coefficient (Wildman–Crippen LogP) is 0.147. The van der Waals surface area contributed by atoms with Crippen molar-refractivity contribution in [3.8, 4) is 0 Å². The Balaban J connectivity index is 2.81. The van der Waals surface area contributed by atoms with Gasteiger partial charge in [-0.1, -0.05) is 0 Å². The number of nitroso groups, excluding NO2 is 1. The van der Waals surface area contributed by atoms with Crippen molar-refractivity contribution in [2.75, 3.05) is 0 Å². The van der Waals surface area contributed by atoms with Crippen LogP contribution < -0.4 is 5.56 Å². The van der Waals surface area contributed by atoms with Crippen molar-refractivity contribution in [2.45, 2.75) is 5.16 Å². The van der Waals surface area contributed by atoms with Gasteiger partial charge in [-0.15, -0.1) is 26.8 Å². The standard InChI is InChI=1S/C4H2N6O2S2/c11-2-1(9-12)6-7-3-5-4(14-13)8-10(2)3/h13H,(H,5,7,8). The highest BCUT2D eigenvalue weighted by atomic mass is 33.1. The largest absolute Gasteiger partial charge is 0.322 e. The molecule has 0 saturated heterocycles. The Kier molecular flexibility index (Phi) is 2.21. The molecule has 72 valence electrons. The summed E-state index contributed by atoms with van der Waals surface area (Å²) in [6, 6.07) is 0. The molecule has 0 bridgehead atoms. The third-order valence-electron chi connectivity index (χ3n) is 1.41. The third-order valence-corrected chi connectivity index (χ3v) is 2.28. The van der Waals surface area contributed by atoms with E-state index < -0.39 is 11.4 Å². The molecule has 0 saturated carbocycles. The fourth-order valence-corrected chi connectivity index (χ4v) is 1.35. The molecule has 0 aromatic carbocycles. The average Bonchev–Trinajstić information content (AvgIpc) is 2.62. The van der Waals surface area contributed by atoms with Gasteiger partial charge in [0.25, 0.3) is 11.6 Å². The van der Waals surface area contributed by atoms with Gasteiger partial charge in [0.15, 0.2) is 5.16 Å². The zero-order valence-electron chi connectivity index (χ0n) is 6.41. The first kappa shape index (κ1) is 9.15. The summed E-state index contributed by atoms with van der Waals surface area (Å²) in [6.45, 7) is 0. The van der Waals surface area contributed by atoms with E-state index in [2.05, 4.69) is 37.1 Å². The molecule has 10 heteroatoms. The number of nitrogens with one attached hydrogen (secondary N) is 1. The summed E-state index contributed by atoms with van der Waals surface area (Å²) < 4.78 is 0.974. The van der Waals surface area contributed by atoms with Crippen molar-refractivity contribution in [1.82, 2.24) is 24.8 Å². The van der Waals surface area contributed by atoms with E-state index in [1.165, 1.54) is 0 Å². The maximum atomic E-state index is 11.4. The summed E-state index contributed by atoms with van der Waals surface area (Å²) in [5.74, 6) is -0.444. The molecule has 0 amide bonds. The topological polar surface area (TPSA) is 105 Å². The molecule has 1 N–H and O–H groups in total. The molecule has 0 fully saturated rings. The highest BCUT2D eigenvalue weighted by Gasteiger charge is 2.10.